The Hall–Kier alpha value is -1.73. The van der Waals surface area contributed by atoms with Gasteiger partial charge in [0, 0.05) is 25.5 Å². The molecule has 0 saturated carbocycles. The van der Waals surface area contributed by atoms with Crippen LogP contribution in [0, 0.1) is 6.92 Å². The normalized spacial score (nSPS) is 22.4. The average molecular weight is 292 g/mol. The van der Waals surface area contributed by atoms with Crippen molar-refractivity contribution < 1.29 is 9.53 Å². The summed E-state index contributed by atoms with van der Waals surface area (Å²) < 4.78 is 5.41. The van der Waals surface area contributed by atoms with Crippen LogP contribution in [-0.4, -0.2) is 45.7 Å². The molecule has 2 atom stereocenters. The van der Waals surface area contributed by atoms with E-state index in [9.17, 15) is 4.79 Å². The van der Waals surface area contributed by atoms with E-state index in [1.165, 1.54) is 11.3 Å². The molecule has 1 fully saturated rings. The maximum absolute atomic E-state index is 12.6. The molecule has 0 aliphatic carbocycles. The first-order valence-corrected chi connectivity index (χ1v) is 7.38. The molecule has 1 N–H and O–H groups in total. The van der Waals surface area contributed by atoms with Gasteiger partial charge in [-0.1, -0.05) is 0 Å². The number of thiophene rings is 1. The van der Waals surface area contributed by atoms with Gasteiger partial charge in [-0.15, -0.1) is 0 Å². The summed E-state index contributed by atoms with van der Waals surface area (Å²) in [5.41, 5.74) is 0.712. The fraction of sp³-hybridized carbons (Fsp3) is 0.462. The highest BCUT2D eigenvalue weighted by Gasteiger charge is 2.38. The highest BCUT2D eigenvalue weighted by atomic mass is 32.1. The summed E-state index contributed by atoms with van der Waals surface area (Å²) in [5.74, 6) is 1.42. The van der Waals surface area contributed by atoms with Gasteiger partial charge in [-0.2, -0.15) is 16.4 Å². The van der Waals surface area contributed by atoms with Crippen molar-refractivity contribution in [2.24, 2.45) is 0 Å². The molecular weight excluding hydrogens is 276 g/mol. The van der Waals surface area contributed by atoms with Crippen LogP contribution in [0.2, 0.25) is 0 Å². The van der Waals surface area contributed by atoms with E-state index in [4.69, 9.17) is 4.74 Å². The van der Waals surface area contributed by atoms with E-state index in [0.29, 0.717) is 17.9 Å². The molecule has 20 heavy (non-hydrogen) atoms. The van der Waals surface area contributed by atoms with E-state index in [1.807, 2.05) is 23.8 Å². The zero-order valence-electron chi connectivity index (χ0n) is 11.4. The van der Waals surface area contributed by atoms with Crippen LogP contribution in [0.15, 0.2) is 16.8 Å². The lowest BCUT2D eigenvalue weighted by Gasteiger charge is -2.21. The first-order valence-electron chi connectivity index (χ1n) is 6.44. The molecule has 7 heteroatoms. The summed E-state index contributed by atoms with van der Waals surface area (Å²) in [6.07, 6.45) is 0.755. The number of hydrogen-bond donors (Lipinski definition) is 1. The second kappa shape index (κ2) is 5.34. The van der Waals surface area contributed by atoms with E-state index < -0.39 is 0 Å². The number of H-pyrrole nitrogens is 1. The third-order valence-electron chi connectivity index (χ3n) is 3.54. The zero-order valence-corrected chi connectivity index (χ0v) is 12.2. The Morgan fingerprint density at radius 3 is 3.05 bits per heavy atom. The summed E-state index contributed by atoms with van der Waals surface area (Å²) in [4.78, 5) is 18.7. The van der Waals surface area contributed by atoms with E-state index in [1.54, 1.807) is 12.0 Å². The van der Waals surface area contributed by atoms with Crippen LogP contribution in [0.1, 0.15) is 34.5 Å². The maximum Gasteiger partial charge on any atom is 0.255 e. The van der Waals surface area contributed by atoms with Gasteiger partial charge in [0.2, 0.25) is 0 Å². The Morgan fingerprint density at radius 2 is 2.45 bits per heavy atom. The van der Waals surface area contributed by atoms with Gasteiger partial charge in [0.25, 0.3) is 5.91 Å². The van der Waals surface area contributed by atoms with Gasteiger partial charge >= 0.3 is 0 Å². The molecule has 1 aliphatic heterocycles. The van der Waals surface area contributed by atoms with Crippen LogP contribution in [0.5, 0.6) is 0 Å². The van der Waals surface area contributed by atoms with Crippen LogP contribution in [0.3, 0.4) is 0 Å². The standard InChI is InChI=1S/C13H16N4O2S/c1-8-14-12(16-15-8)11-5-10(19-2)6-17(11)13(18)9-3-4-20-7-9/h3-4,7,10-11H,5-6H2,1-2H3,(H,14,15,16)/t10-,11-/m0/s1. The van der Waals surface area contributed by atoms with Crippen molar-refractivity contribution in [2.45, 2.75) is 25.5 Å². The molecule has 1 amide bonds. The summed E-state index contributed by atoms with van der Waals surface area (Å²) in [7, 11) is 1.67. The van der Waals surface area contributed by atoms with E-state index >= 15 is 0 Å². The molecular formula is C13H16N4O2S. The number of nitrogens with zero attached hydrogens (tertiary/aromatic N) is 3. The zero-order chi connectivity index (χ0) is 14.1. The monoisotopic (exact) mass is 292 g/mol. The van der Waals surface area contributed by atoms with Crippen molar-refractivity contribution >= 4 is 17.2 Å². The number of amides is 1. The predicted octanol–water partition coefficient (Wildman–Crippen LogP) is 1.78. The molecule has 1 saturated heterocycles. The lowest BCUT2D eigenvalue weighted by molar-refractivity contribution is 0.0685. The topological polar surface area (TPSA) is 71.1 Å². The smallest absolute Gasteiger partial charge is 0.255 e. The minimum absolute atomic E-state index is 0.0123. The van der Waals surface area contributed by atoms with Crippen molar-refractivity contribution in [1.82, 2.24) is 20.1 Å². The summed E-state index contributed by atoms with van der Waals surface area (Å²) in [5, 5.41) is 10.8. The first kappa shape index (κ1) is 13.3. The molecule has 0 radical (unpaired) electrons. The van der Waals surface area contributed by atoms with E-state index in [2.05, 4.69) is 15.2 Å². The summed E-state index contributed by atoms with van der Waals surface area (Å²) in [6, 6.07) is 1.71. The molecule has 2 aromatic rings. The predicted molar refractivity (Wildman–Crippen MR) is 74.6 cm³/mol. The average Bonchev–Trinajstić information content (AvgIpc) is 3.17. The molecule has 6 nitrogen and oxygen atoms in total. The molecule has 2 aromatic heterocycles. The lowest BCUT2D eigenvalue weighted by Crippen LogP contribution is -2.32. The second-order valence-corrected chi connectivity index (χ2v) is 5.64. The van der Waals surface area contributed by atoms with Crippen molar-refractivity contribution in [3.05, 3.63) is 34.0 Å². The number of aromatic nitrogens is 3. The molecule has 1 aliphatic rings. The lowest BCUT2D eigenvalue weighted by atomic mass is 10.2. The molecule has 0 aromatic carbocycles. The largest absolute Gasteiger partial charge is 0.380 e. The van der Waals surface area contributed by atoms with Crippen LogP contribution in [-0.2, 0) is 4.74 Å². The Morgan fingerprint density at radius 1 is 1.60 bits per heavy atom. The minimum Gasteiger partial charge on any atom is -0.380 e. The van der Waals surface area contributed by atoms with E-state index in [0.717, 1.165) is 12.2 Å². The maximum atomic E-state index is 12.6. The Balaban J connectivity index is 1.88. The van der Waals surface area contributed by atoms with Crippen LogP contribution in [0.4, 0.5) is 0 Å². The van der Waals surface area contributed by atoms with Crippen LogP contribution >= 0.6 is 11.3 Å². The number of methoxy groups -OCH3 is 1. The van der Waals surface area contributed by atoms with Gasteiger partial charge in [0.15, 0.2) is 5.82 Å². The van der Waals surface area contributed by atoms with Gasteiger partial charge in [0.1, 0.15) is 5.82 Å². The number of aromatic amines is 1. The number of hydrogen-bond acceptors (Lipinski definition) is 5. The number of aryl methyl sites for hydroxylation is 1. The second-order valence-electron chi connectivity index (χ2n) is 4.86. The molecule has 0 unspecified atom stereocenters. The SMILES string of the molecule is CO[C@H]1C[C@@H](c2n[nH]c(C)n2)N(C(=O)c2ccsc2)C1. The highest BCUT2D eigenvalue weighted by molar-refractivity contribution is 7.08. The Labute approximate surface area is 120 Å². The van der Waals surface area contributed by atoms with Gasteiger partial charge in [0.05, 0.1) is 17.7 Å². The van der Waals surface area contributed by atoms with Crippen LogP contribution in [0.25, 0.3) is 0 Å². The highest BCUT2D eigenvalue weighted by Crippen LogP contribution is 2.33. The Kier molecular flexibility index (Phi) is 3.54. The molecule has 0 spiro atoms. The number of rotatable bonds is 3. The number of likely N-dealkylation sites (tertiary alicyclic amines) is 1. The van der Waals surface area contributed by atoms with Crippen molar-refractivity contribution in [1.29, 1.82) is 0 Å². The fourth-order valence-corrected chi connectivity index (χ4v) is 3.13. The fourth-order valence-electron chi connectivity index (χ4n) is 2.50. The quantitative estimate of drug-likeness (QED) is 0.936. The summed E-state index contributed by atoms with van der Waals surface area (Å²) >= 11 is 1.52. The minimum atomic E-state index is -0.128. The number of carbonyl (C=O) groups excluding carboxylic acids is 1. The third-order valence-corrected chi connectivity index (χ3v) is 4.22. The number of ether oxygens (including phenoxy) is 1. The third kappa shape index (κ3) is 2.34. The van der Waals surface area contributed by atoms with Gasteiger partial charge < -0.3 is 9.64 Å². The van der Waals surface area contributed by atoms with Gasteiger partial charge in [-0.3, -0.25) is 9.89 Å². The van der Waals surface area contributed by atoms with Crippen molar-refractivity contribution in [3.63, 3.8) is 0 Å². The van der Waals surface area contributed by atoms with Crippen LogP contribution < -0.4 is 0 Å². The van der Waals surface area contributed by atoms with Crippen molar-refractivity contribution in [3.8, 4) is 0 Å². The number of carbonyl (C=O) groups is 1. The van der Waals surface area contributed by atoms with Gasteiger partial charge in [-0.05, 0) is 18.4 Å². The number of nitrogens with one attached hydrogen (secondary N) is 1. The molecule has 3 rings (SSSR count). The first-order chi connectivity index (χ1) is 9.69. The van der Waals surface area contributed by atoms with E-state index in [-0.39, 0.29) is 18.1 Å². The Bertz CT molecular complexity index is 595. The summed E-state index contributed by atoms with van der Waals surface area (Å²) in [6.45, 7) is 2.42. The molecule has 3 heterocycles. The molecule has 0 bridgehead atoms. The van der Waals surface area contributed by atoms with Gasteiger partial charge in [-0.25, -0.2) is 4.98 Å². The molecule has 106 valence electrons. The van der Waals surface area contributed by atoms with Crippen molar-refractivity contribution in [2.75, 3.05) is 13.7 Å².